The van der Waals surface area contributed by atoms with Gasteiger partial charge in [-0.1, -0.05) is 54.6 Å². The third-order valence-electron chi connectivity index (χ3n) is 7.88. The summed E-state index contributed by atoms with van der Waals surface area (Å²) in [6.45, 7) is 5.30. The van der Waals surface area contributed by atoms with E-state index in [2.05, 4.69) is 51.3 Å². The summed E-state index contributed by atoms with van der Waals surface area (Å²) >= 11 is 0. The normalized spacial score (nSPS) is 25.6. The number of benzene rings is 2. The Morgan fingerprint density at radius 1 is 0.971 bits per heavy atom. The van der Waals surface area contributed by atoms with E-state index in [-0.39, 0.29) is 18.0 Å². The van der Waals surface area contributed by atoms with Gasteiger partial charge in [-0.2, -0.15) is 0 Å². The molecule has 2 aromatic carbocycles. The fourth-order valence-corrected chi connectivity index (χ4v) is 6.06. The van der Waals surface area contributed by atoms with Crippen molar-refractivity contribution >= 4 is 12.0 Å². The lowest BCUT2D eigenvalue weighted by molar-refractivity contribution is -0.136. The summed E-state index contributed by atoms with van der Waals surface area (Å²) < 4.78 is 0. The van der Waals surface area contributed by atoms with Crippen molar-refractivity contribution in [1.29, 1.82) is 0 Å². The van der Waals surface area contributed by atoms with E-state index >= 15 is 0 Å². The molecule has 0 saturated carbocycles. The van der Waals surface area contributed by atoms with Gasteiger partial charge in [0.25, 0.3) is 0 Å². The van der Waals surface area contributed by atoms with E-state index in [1.54, 1.807) is 0 Å². The van der Waals surface area contributed by atoms with Crippen LogP contribution in [0, 0.1) is 11.8 Å². The third-order valence-corrected chi connectivity index (χ3v) is 7.88. The second kappa shape index (κ2) is 9.76. The number of fused-ring (bicyclic) bond motifs is 2. The van der Waals surface area contributed by atoms with Crippen LogP contribution in [0.25, 0.3) is 0 Å². The monoisotopic (exact) mass is 462 g/mol. The molecule has 0 aliphatic carbocycles. The Kier molecular flexibility index (Phi) is 6.57. The third kappa shape index (κ3) is 4.81. The number of nitrogens with one attached hydrogen (secondary N) is 1. The van der Waals surface area contributed by atoms with Crippen molar-refractivity contribution in [3.8, 4) is 0 Å². The SMILES string of the molecule is CN1Cc2ccccc2C[C@H]1C(=O)N1CC2CN(CCC(NC(=O)O)c3ccccc3)CC2C1. The Hall–Kier alpha value is -2.90. The number of rotatable bonds is 6. The van der Waals surface area contributed by atoms with Crippen LogP contribution in [-0.4, -0.2) is 77.6 Å². The molecular formula is C27H34N4O3. The molecule has 0 spiro atoms. The summed E-state index contributed by atoms with van der Waals surface area (Å²) in [7, 11) is 2.06. The molecule has 2 N–H and O–H groups in total. The first-order valence-corrected chi connectivity index (χ1v) is 12.3. The molecule has 2 saturated heterocycles. The maximum absolute atomic E-state index is 13.4. The number of hydrogen-bond acceptors (Lipinski definition) is 4. The zero-order valence-electron chi connectivity index (χ0n) is 19.8. The average molecular weight is 463 g/mol. The quantitative estimate of drug-likeness (QED) is 0.691. The number of likely N-dealkylation sites (tertiary alicyclic amines) is 2. The Bertz CT molecular complexity index is 1020. The smallest absolute Gasteiger partial charge is 0.405 e. The number of nitrogens with zero attached hydrogens (tertiary/aromatic N) is 3. The van der Waals surface area contributed by atoms with Gasteiger partial charge in [-0.15, -0.1) is 0 Å². The van der Waals surface area contributed by atoms with Crippen LogP contribution < -0.4 is 5.32 Å². The Morgan fingerprint density at radius 3 is 2.29 bits per heavy atom. The van der Waals surface area contributed by atoms with Crippen LogP contribution in [0.3, 0.4) is 0 Å². The predicted molar refractivity (Wildman–Crippen MR) is 130 cm³/mol. The molecule has 0 aromatic heterocycles. The first-order valence-electron chi connectivity index (χ1n) is 12.3. The van der Waals surface area contributed by atoms with Crippen LogP contribution in [0.5, 0.6) is 0 Å². The average Bonchev–Trinajstić information content (AvgIpc) is 3.40. The highest BCUT2D eigenvalue weighted by Crippen LogP contribution is 2.33. The van der Waals surface area contributed by atoms with Gasteiger partial charge in [-0.05, 0) is 48.4 Å². The molecule has 4 atom stereocenters. The van der Waals surface area contributed by atoms with Crippen LogP contribution >= 0.6 is 0 Å². The molecule has 3 aliphatic rings. The lowest BCUT2D eigenvalue weighted by Gasteiger charge is -2.35. The van der Waals surface area contributed by atoms with E-state index in [0.29, 0.717) is 11.8 Å². The summed E-state index contributed by atoms with van der Waals surface area (Å²) in [5, 5.41) is 11.9. The molecule has 3 heterocycles. The molecule has 0 radical (unpaired) electrons. The van der Waals surface area contributed by atoms with E-state index in [4.69, 9.17) is 0 Å². The fourth-order valence-electron chi connectivity index (χ4n) is 6.06. The first kappa shape index (κ1) is 22.9. The van der Waals surface area contributed by atoms with Crippen molar-refractivity contribution < 1.29 is 14.7 Å². The standard InChI is InChI=1S/C27H34N4O3/c1-29-14-21-10-6-5-9-20(21)13-25(29)26(32)31-17-22-15-30(16-23(22)18-31)12-11-24(28-27(33)34)19-7-3-2-4-8-19/h2-10,22-25,28H,11-18H2,1H3,(H,33,34)/t22?,23?,24?,25-/m0/s1. The van der Waals surface area contributed by atoms with Gasteiger partial charge < -0.3 is 20.2 Å². The summed E-state index contributed by atoms with van der Waals surface area (Å²) in [4.78, 5) is 31.4. The highest BCUT2D eigenvalue weighted by atomic mass is 16.4. The molecular weight excluding hydrogens is 428 g/mol. The van der Waals surface area contributed by atoms with Crippen LogP contribution in [0.15, 0.2) is 54.6 Å². The molecule has 3 aliphatic heterocycles. The van der Waals surface area contributed by atoms with Gasteiger partial charge in [0.15, 0.2) is 0 Å². The van der Waals surface area contributed by atoms with Gasteiger partial charge in [0.2, 0.25) is 5.91 Å². The van der Waals surface area contributed by atoms with E-state index in [9.17, 15) is 14.7 Å². The van der Waals surface area contributed by atoms with Crippen molar-refractivity contribution in [2.45, 2.75) is 31.5 Å². The summed E-state index contributed by atoms with van der Waals surface area (Å²) in [5.41, 5.74) is 3.63. The molecule has 7 heteroatoms. The predicted octanol–water partition coefficient (Wildman–Crippen LogP) is 2.83. The second-order valence-electron chi connectivity index (χ2n) is 10.1. The van der Waals surface area contributed by atoms with Gasteiger partial charge in [-0.25, -0.2) is 4.79 Å². The largest absolute Gasteiger partial charge is 0.465 e. The zero-order valence-corrected chi connectivity index (χ0v) is 19.8. The molecule has 3 unspecified atom stereocenters. The van der Waals surface area contributed by atoms with Crippen molar-refractivity contribution in [3.05, 3.63) is 71.3 Å². The molecule has 34 heavy (non-hydrogen) atoms. The van der Waals surface area contributed by atoms with Crippen molar-refractivity contribution in [2.24, 2.45) is 11.8 Å². The Labute approximate surface area is 201 Å². The zero-order chi connectivity index (χ0) is 23.7. The number of carbonyl (C=O) groups is 2. The number of carboxylic acid groups (broad SMARTS) is 1. The van der Waals surface area contributed by atoms with E-state index in [0.717, 1.165) is 57.7 Å². The highest BCUT2D eigenvalue weighted by Gasteiger charge is 2.43. The summed E-state index contributed by atoms with van der Waals surface area (Å²) in [5.74, 6) is 1.29. The number of hydrogen-bond donors (Lipinski definition) is 2. The van der Waals surface area contributed by atoms with Gasteiger partial charge in [-0.3, -0.25) is 9.69 Å². The highest BCUT2D eigenvalue weighted by molar-refractivity contribution is 5.83. The summed E-state index contributed by atoms with van der Waals surface area (Å²) in [6, 6.07) is 18.0. The topological polar surface area (TPSA) is 76.1 Å². The molecule has 0 bridgehead atoms. The minimum Gasteiger partial charge on any atom is -0.465 e. The van der Waals surface area contributed by atoms with Crippen LogP contribution in [0.1, 0.15) is 29.2 Å². The van der Waals surface area contributed by atoms with Crippen molar-refractivity contribution in [3.63, 3.8) is 0 Å². The second-order valence-corrected chi connectivity index (χ2v) is 10.1. The maximum Gasteiger partial charge on any atom is 0.405 e. The van der Waals surface area contributed by atoms with E-state index in [1.165, 1.54) is 11.1 Å². The summed E-state index contributed by atoms with van der Waals surface area (Å²) in [6.07, 6.45) is 0.544. The van der Waals surface area contributed by atoms with Gasteiger partial charge in [0.1, 0.15) is 0 Å². The van der Waals surface area contributed by atoms with Crippen LogP contribution in [0.2, 0.25) is 0 Å². The van der Waals surface area contributed by atoms with Crippen molar-refractivity contribution in [1.82, 2.24) is 20.0 Å². The molecule has 2 fully saturated rings. The number of amides is 2. The first-order chi connectivity index (χ1) is 16.5. The van der Waals surface area contributed by atoms with Gasteiger partial charge >= 0.3 is 6.09 Å². The Morgan fingerprint density at radius 2 is 1.62 bits per heavy atom. The van der Waals surface area contributed by atoms with Crippen LogP contribution in [-0.2, 0) is 17.8 Å². The molecule has 2 amide bonds. The minimum atomic E-state index is -0.989. The van der Waals surface area contributed by atoms with Gasteiger partial charge in [0, 0.05) is 39.3 Å². The lowest BCUT2D eigenvalue weighted by Crippen LogP contribution is -2.50. The Balaban J connectivity index is 1.14. The van der Waals surface area contributed by atoms with E-state index in [1.807, 2.05) is 30.3 Å². The van der Waals surface area contributed by atoms with E-state index < -0.39 is 6.09 Å². The lowest BCUT2D eigenvalue weighted by atomic mass is 9.94. The van der Waals surface area contributed by atoms with Crippen molar-refractivity contribution in [2.75, 3.05) is 39.8 Å². The van der Waals surface area contributed by atoms with Gasteiger partial charge in [0.05, 0.1) is 12.1 Å². The molecule has 5 rings (SSSR count). The number of carbonyl (C=O) groups excluding carboxylic acids is 1. The minimum absolute atomic E-state index is 0.0708. The molecule has 180 valence electrons. The van der Waals surface area contributed by atoms with Crippen LogP contribution in [0.4, 0.5) is 4.79 Å². The number of likely N-dealkylation sites (N-methyl/N-ethyl adjacent to an activating group) is 1. The molecule has 7 nitrogen and oxygen atoms in total. The molecule has 2 aromatic rings. The fraction of sp³-hybridized carbons (Fsp3) is 0.481. The maximum atomic E-state index is 13.4.